The van der Waals surface area contributed by atoms with Crippen molar-refractivity contribution >= 4 is 11.3 Å². The molecular formula is C20H26N6. The maximum absolute atomic E-state index is 4.26. The van der Waals surface area contributed by atoms with Crippen molar-refractivity contribution in [2.24, 2.45) is 0 Å². The highest BCUT2D eigenvalue weighted by atomic mass is 15.3. The van der Waals surface area contributed by atoms with Crippen molar-refractivity contribution in [1.29, 1.82) is 0 Å². The van der Waals surface area contributed by atoms with E-state index in [9.17, 15) is 0 Å². The SMILES string of the molecule is CC(C)(C)c1ccn2ncnc2c1.CC(C)(C)c1cnn2ccnc2c1. The minimum absolute atomic E-state index is 0.140. The standard InChI is InChI=1S/2C10H13N3/c1-10(2,3)8-6-9-11-4-5-13(9)12-7-8;1-10(2,3)8-4-5-13-9(6-8)11-7-12-13/h2*4-7H,1-3H3. The number of hydrogen-bond acceptors (Lipinski definition) is 4. The number of fused-ring (bicyclic) bond motifs is 2. The molecule has 0 aliphatic heterocycles. The van der Waals surface area contributed by atoms with Gasteiger partial charge >= 0.3 is 0 Å². The van der Waals surface area contributed by atoms with E-state index in [1.165, 1.54) is 11.1 Å². The van der Waals surface area contributed by atoms with Crippen LogP contribution < -0.4 is 0 Å². The molecule has 0 radical (unpaired) electrons. The van der Waals surface area contributed by atoms with Gasteiger partial charge in [-0.2, -0.15) is 10.2 Å². The molecule has 4 aromatic heterocycles. The second-order valence-electron chi connectivity index (χ2n) is 8.45. The minimum atomic E-state index is 0.140. The second-order valence-corrected chi connectivity index (χ2v) is 8.45. The molecule has 136 valence electrons. The molecule has 0 saturated carbocycles. The van der Waals surface area contributed by atoms with Crippen LogP contribution in [0.5, 0.6) is 0 Å². The molecule has 4 rings (SSSR count). The second kappa shape index (κ2) is 6.52. The van der Waals surface area contributed by atoms with Crippen LogP contribution in [0.25, 0.3) is 11.3 Å². The fourth-order valence-electron chi connectivity index (χ4n) is 2.50. The number of aromatic nitrogens is 6. The van der Waals surface area contributed by atoms with E-state index in [0.717, 1.165) is 11.3 Å². The van der Waals surface area contributed by atoms with E-state index in [1.807, 2.05) is 18.6 Å². The van der Waals surface area contributed by atoms with Crippen LogP contribution in [0.15, 0.2) is 49.3 Å². The maximum Gasteiger partial charge on any atom is 0.155 e. The van der Waals surface area contributed by atoms with Crippen molar-refractivity contribution in [1.82, 2.24) is 29.2 Å². The van der Waals surface area contributed by atoms with Crippen LogP contribution in [0, 0.1) is 0 Å². The first-order chi connectivity index (χ1) is 12.1. The fraction of sp³-hybridized carbons (Fsp3) is 0.400. The summed E-state index contributed by atoms with van der Waals surface area (Å²) >= 11 is 0. The first-order valence-electron chi connectivity index (χ1n) is 8.74. The topological polar surface area (TPSA) is 60.4 Å². The first-order valence-corrected chi connectivity index (χ1v) is 8.74. The van der Waals surface area contributed by atoms with Crippen LogP contribution in [0.3, 0.4) is 0 Å². The number of nitrogens with zero attached hydrogens (tertiary/aromatic N) is 6. The lowest BCUT2D eigenvalue weighted by Crippen LogP contribution is -2.12. The van der Waals surface area contributed by atoms with Gasteiger partial charge in [-0.1, -0.05) is 41.5 Å². The Morgan fingerprint density at radius 1 is 0.731 bits per heavy atom. The number of rotatable bonds is 0. The van der Waals surface area contributed by atoms with Crippen molar-refractivity contribution < 1.29 is 0 Å². The number of imidazole rings is 1. The van der Waals surface area contributed by atoms with Crippen LogP contribution in [-0.2, 0) is 10.8 Å². The van der Waals surface area contributed by atoms with Crippen molar-refractivity contribution in [2.75, 3.05) is 0 Å². The summed E-state index contributed by atoms with van der Waals surface area (Å²) in [6.07, 6.45) is 9.02. The van der Waals surface area contributed by atoms with Gasteiger partial charge in [0.15, 0.2) is 11.3 Å². The van der Waals surface area contributed by atoms with E-state index in [2.05, 4.69) is 79.9 Å². The van der Waals surface area contributed by atoms with Crippen molar-refractivity contribution in [3.63, 3.8) is 0 Å². The smallest absolute Gasteiger partial charge is 0.155 e. The Bertz CT molecular complexity index is 930. The fourth-order valence-corrected chi connectivity index (χ4v) is 2.50. The number of hydrogen-bond donors (Lipinski definition) is 0. The Labute approximate surface area is 153 Å². The summed E-state index contributed by atoms with van der Waals surface area (Å²) in [6, 6.07) is 6.24. The number of pyridine rings is 1. The van der Waals surface area contributed by atoms with Crippen LogP contribution in [-0.4, -0.2) is 29.2 Å². The van der Waals surface area contributed by atoms with Gasteiger partial charge in [-0.15, -0.1) is 0 Å². The predicted octanol–water partition coefficient (Wildman–Crippen LogP) is 4.05. The maximum atomic E-state index is 4.26. The Hall–Kier alpha value is -2.76. The summed E-state index contributed by atoms with van der Waals surface area (Å²) in [6.45, 7) is 13.1. The lowest BCUT2D eigenvalue weighted by Gasteiger charge is -2.18. The molecule has 4 heterocycles. The highest BCUT2D eigenvalue weighted by Crippen LogP contribution is 2.22. The Balaban J connectivity index is 0.000000151. The average molecular weight is 350 g/mol. The molecular weight excluding hydrogens is 324 g/mol. The molecule has 0 saturated heterocycles. The molecule has 0 aliphatic carbocycles. The van der Waals surface area contributed by atoms with Gasteiger partial charge in [0.05, 0.1) is 6.20 Å². The molecule has 0 aromatic carbocycles. The normalized spacial score (nSPS) is 12.2. The molecule has 0 atom stereocenters. The van der Waals surface area contributed by atoms with Gasteiger partial charge in [-0.3, -0.25) is 0 Å². The summed E-state index contributed by atoms with van der Waals surface area (Å²) in [7, 11) is 0. The third-order valence-corrected chi connectivity index (χ3v) is 4.27. The highest BCUT2D eigenvalue weighted by molar-refractivity contribution is 5.42. The molecule has 0 amide bonds. The molecule has 0 N–H and O–H groups in total. The van der Waals surface area contributed by atoms with E-state index < -0.39 is 0 Å². The van der Waals surface area contributed by atoms with E-state index in [1.54, 1.807) is 21.6 Å². The molecule has 4 aromatic rings. The van der Waals surface area contributed by atoms with Gasteiger partial charge in [-0.05, 0) is 40.2 Å². The summed E-state index contributed by atoms with van der Waals surface area (Å²) in [5.41, 5.74) is 4.63. The van der Waals surface area contributed by atoms with Crippen molar-refractivity contribution in [3.8, 4) is 0 Å². The molecule has 0 fully saturated rings. The van der Waals surface area contributed by atoms with Crippen LogP contribution >= 0.6 is 0 Å². The average Bonchev–Trinajstić information content (AvgIpc) is 3.21. The molecule has 6 heteroatoms. The van der Waals surface area contributed by atoms with E-state index in [0.29, 0.717) is 0 Å². The summed E-state index contributed by atoms with van der Waals surface area (Å²) in [5, 5.41) is 8.31. The predicted molar refractivity (Wildman–Crippen MR) is 103 cm³/mol. The zero-order valence-corrected chi connectivity index (χ0v) is 16.3. The van der Waals surface area contributed by atoms with Crippen molar-refractivity contribution in [3.05, 3.63) is 60.4 Å². The van der Waals surface area contributed by atoms with Gasteiger partial charge < -0.3 is 0 Å². The van der Waals surface area contributed by atoms with E-state index in [-0.39, 0.29) is 10.8 Å². The summed E-state index contributed by atoms with van der Waals surface area (Å²) in [4.78, 5) is 8.34. The van der Waals surface area contributed by atoms with Gasteiger partial charge in [0.1, 0.15) is 6.33 Å². The Kier molecular flexibility index (Phi) is 4.52. The minimum Gasteiger partial charge on any atom is -0.236 e. The quantitative estimate of drug-likeness (QED) is 0.480. The lowest BCUT2D eigenvalue weighted by molar-refractivity contribution is 0.584. The van der Waals surface area contributed by atoms with Crippen LogP contribution in [0.4, 0.5) is 0 Å². The third-order valence-electron chi connectivity index (χ3n) is 4.27. The monoisotopic (exact) mass is 350 g/mol. The molecule has 0 spiro atoms. The Morgan fingerprint density at radius 3 is 2.04 bits per heavy atom. The van der Waals surface area contributed by atoms with Gasteiger partial charge in [0.25, 0.3) is 0 Å². The highest BCUT2D eigenvalue weighted by Gasteiger charge is 2.15. The molecule has 6 nitrogen and oxygen atoms in total. The molecule has 0 aliphatic rings. The Morgan fingerprint density at radius 2 is 1.35 bits per heavy atom. The van der Waals surface area contributed by atoms with Gasteiger partial charge in [0, 0.05) is 18.6 Å². The van der Waals surface area contributed by atoms with Gasteiger partial charge in [0.2, 0.25) is 0 Å². The van der Waals surface area contributed by atoms with Crippen molar-refractivity contribution in [2.45, 2.75) is 52.4 Å². The van der Waals surface area contributed by atoms with Gasteiger partial charge in [-0.25, -0.2) is 19.0 Å². The molecule has 0 bridgehead atoms. The summed E-state index contributed by atoms with van der Waals surface area (Å²) < 4.78 is 3.55. The molecule has 26 heavy (non-hydrogen) atoms. The van der Waals surface area contributed by atoms with Crippen LogP contribution in [0.2, 0.25) is 0 Å². The van der Waals surface area contributed by atoms with E-state index in [4.69, 9.17) is 0 Å². The largest absolute Gasteiger partial charge is 0.236 e. The third kappa shape index (κ3) is 3.90. The summed E-state index contributed by atoms with van der Waals surface area (Å²) in [5.74, 6) is 0. The molecule has 0 unspecified atom stereocenters. The zero-order chi connectivity index (χ0) is 18.9. The first kappa shape index (κ1) is 18.0. The zero-order valence-electron chi connectivity index (χ0n) is 16.3. The van der Waals surface area contributed by atoms with E-state index >= 15 is 0 Å². The van der Waals surface area contributed by atoms with Crippen LogP contribution in [0.1, 0.15) is 52.7 Å². The lowest BCUT2D eigenvalue weighted by atomic mass is 9.88.